The Bertz CT molecular complexity index is 1010. The molecule has 0 saturated carbocycles. The molecule has 1 aliphatic heterocycles. The summed E-state index contributed by atoms with van der Waals surface area (Å²) in [6.07, 6.45) is 4.99. The first-order valence-electron chi connectivity index (χ1n) is 11.5. The average molecular weight is 418 g/mol. The molecular weight excluding hydrogens is 384 g/mol. The van der Waals surface area contributed by atoms with E-state index in [2.05, 4.69) is 31.3 Å². The summed E-state index contributed by atoms with van der Waals surface area (Å²) in [5.74, 6) is -0.0714. The van der Waals surface area contributed by atoms with E-state index in [1.54, 1.807) is 9.58 Å². The number of nitrogens with one attached hydrogen (secondary N) is 2. The maximum absolute atomic E-state index is 13.1. The van der Waals surface area contributed by atoms with Gasteiger partial charge in [-0.3, -0.25) is 4.79 Å². The number of carbonyl (C=O) groups excluding carboxylic acids is 1. The molecule has 2 aromatic carbocycles. The smallest absolute Gasteiger partial charge is 0.270 e. The molecule has 4 rings (SSSR count). The molecule has 3 aromatic rings. The highest BCUT2D eigenvalue weighted by atomic mass is 16.2. The number of hydrogen-bond donors (Lipinski definition) is 2. The first-order valence-corrected chi connectivity index (χ1v) is 11.5. The van der Waals surface area contributed by atoms with Crippen LogP contribution in [0.4, 0.5) is 0 Å². The van der Waals surface area contributed by atoms with Gasteiger partial charge in [-0.15, -0.1) is 0 Å². The molecule has 0 aliphatic carbocycles. The topological polar surface area (TPSA) is 51.4 Å². The Kier molecular flexibility index (Phi) is 6.82. The van der Waals surface area contributed by atoms with E-state index >= 15 is 0 Å². The molecule has 1 aromatic heterocycles. The summed E-state index contributed by atoms with van der Waals surface area (Å²) in [5, 5.41) is 7.91. The van der Waals surface area contributed by atoms with Gasteiger partial charge in [0, 0.05) is 18.5 Å². The highest BCUT2D eigenvalue weighted by Gasteiger charge is 2.21. The molecule has 0 radical (unpaired) electrons. The van der Waals surface area contributed by atoms with Crippen molar-refractivity contribution in [2.75, 3.05) is 19.6 Å². The lowest BCUT2D eigenvalue weighted by Gasteiger charge is -2.30. The van der Waals surface area contributed by atoms with Crippen LogP contribution in [0.5, 0.6) is 0 Å². The van der Waals surface area contributed by atoms with Crippen LogP contribution in [0, 0.1) is 6.92 Å². The second kappa shape index (κ2) is 9.92. The number of nitrogens with zero attached hydrogens (tertiary/aromatic N) is 2. The van der Waals surface area contributed by atoms with Crippen LogP contribution >= 0.6 is 0 Å². The van der Waals surface area contributed by atoms with Gasteiger partial charge in [0.15, 0.2) is 0 Å². The summed E-state index contributed by atoms with van der Waals surface area (Å²) in [7, 11) is 0. The summed E-state index contributed by atoms with van der Waals surface area (Å²) in [5.41, 5.74) is 4.42. The molecule has 0 spiro atoms. The van der Waals surface area contributed by atoms with E-state index in [-0.39, 0.29) is 5.91 Å². The number of amides is 1. The number of benzene rings is 2. The van der Waals surface area contributed by atoms with Gasteiger partial charge < -0.3 is 10.2 Å². The molecule has 1 unspecified atom stereocenters. The minimum Gasteiger partial charge on any atom is -0.350 e. The molecule has 1 amide bonds. The van der Waals surface area contributed by atoms with Crippen LogP contribution in [0.2, 0.25) is 0 Å². The molecule has 0 bridgehead atoms. The number of quaternary nitrogens is 1. The lowest BCUT2D eigenvalue weighted by Crippen LogP contribution is -3.16. The molecule has 5 nitrogen and oxygen atoms in total. The van der Waals surface area contributed by atoms with E-state index in [9.17, 15) is 4.79 Å². The lowest BCUT2D eigenvalue weighted by atomic mass is 10.0. The predicted octanol–water partition coefficient (Wildman–Crippen LogP) is 3.42. The van der Waals surface area contributed by atoms with Crippen LogP contribution in [0.15, 0.2) is 60.7 Å². The number of carbonyl (C=O) groups is 1. The number of aryl methyl sites for hydroxylation is 1. The highest BCUT2D eigenvalue weighted by Crippen LogP contribution is 2.22. The maximum Gasteiger partial charge on any atom is 0.270 e. The first kappa shape index (κ1) is 21.3. The third-order valence-electron chi connectivity index (χ3n) is 6.30. The van der Waals surface area contributed by atoms with Gasteiger partial charge >= 0.3 is 0 Å². The molecule has 1 aliphatic rings. The van der Waals surface area contributed by atoms with Crippen molar-refractivity contribution in [2.45, 2.75) is 45.6 Å². The van der Waals surface area contributed by atoms with E-state index < -0.39 is 0 Å². The Morgan fingerprint density at radius 1 is 1.13 bits per heavy atom. The van der Waals surface area contributed by atoms with Gasteiger partial charge in [-0.1, -0.05) is 42.5 Å². The van der Waals surface area contributed by atoms with Crippen molar-refractivity contribution in [1.82, 2.24) is 15.1 Å². The third kappa shape index (κ3) is 5.23. The largest absolute Gasteiger partial charge is 0.350 e. The summed E-state index contributed by atoms with van der Waals surface area (Å²) in [6, 6.07) is 20.7. The van der Waals surface area contributed by atoms with Crippen molar-refractivity contribution >= 4 is 5.91 Å². The quantitative estimate of drug-likeness (QED) is 0.579. The van der Waals surface area contributed by atoms with Crippen LogP contribution in [0.25, 0.3) is 16.9 Å². The van der Waals surface area contributed by atoms with Crippen LogP contribution in [0.3, 0.4) is 0 Å². The van der Waals surface area contributed by atoms with Crippen molar-refractivity contribution in [1.29, 1.82) is 0 Å². The van der Waals surface area contributed by atoms with Gasteiger partial charge in [0.25, 0.3) is 5.91 Å². The number of rotatable bonds is 7. The molecule has 5 heteroatoms. The second-order valence-corrected chi connectivity index (χ2v) is 8.70. The molecule has 162 valence electrons. The van der Waals surface area contributed by atoms with E-state index in [0.717, 1.165) is 41.5 Å². The minimum atomic E-state index is -0.0714. The van der Waals surface area contributed by atoms with E-state index in [1.165, 1.54) is 25.8 Å². The lowest BCUT2D eigenvalue weighted by molar-refractivity contribution is -0.928. The van der Waals surface area contributed by atoms with Crippen molar-refractivity contribution in [3.05, 3.63) is 71.9 Å². The summed E-state index contributed by atoms with van der Waals surface area (Å²) in [6.45, 7) is 7.46. The van der Waals surface area contributed by atoms with Crippen molar-refractivity contribution < 1.29 is 9.69 Å². The van der Waals surface area contributed by atoms with Crippen LogP contribution in [-0.2, 0) is 0 Å². The van der Waals surface area contributed by atoms with E-state index in [4.69, 9.17) is 5.10 Å². The van der Waals surface area contributed by atoms with Gasteiger partial charge in [-0.2, -0.15) is 5.10 Å². The van der Waals surface area contributed by atoms with Crippen LogP contribution in [-0.4, -0.2) is 41.4 Å². The Hall–Kier alpha value is -2.92. The molecule has 31 heavy (non-hydrogen) atoms. The fourth-order valence-electron chi connectivity index (χ4n) is 4.48. The number of likely N-dealkylation sites (tertiary alicyclic amines) is 1. The van der Waals surface area contributed by atoms with Gasteiger partial charge in [0.1, 0.15) is 5.69 Å². The van der Waals surface area contributed by atoms with Crippen LogP contribution in [0.1, 0.15) is 48.7 Å². The summed E-state index contributed by atoms with van der Waals surface area (Å²) >= 11 is 0. The van der Waals surface area contributed by atoms with Crippen LogP contribution < -0.4 is 10.2 Å². The van der Waals surface area contributed by atoms with Gasteiger partial charge in [-0.25, -0.2) is 4.68 Å². The predicted molar refractivity (Wildman–Crippen MR) is 125 cm³/mol. The zero-order valence-corrected chi connectivity index (χ0v) is 18.6. The fourth-order valence-corrected chi connectivity index (χ4v) is 4.48. The van der Waals surface area contributed by atoms with E-state index in [1.807, 2.05) is 48.5 Å². The highest BCUT2D eigenvalue weighted by molar-refractivity contribution is 5.94. The van der Waals surface area contributed by atoms with Gasteiger partial charge in [-0.05, 0) is 56.9 Å². The Balaban J connectivity index is 1.49. The summed E-state index contributed by atoms with van der Waals surface area (Å²) < 4.78 is 1.77. The summed E-state index contributed by atoms with van der Waals surface area (Å²) in [4.78, 5) is 14.8. The maximum atomic E-state index is 13.1. The molecular formula is C26H33N4O+. The SMILES string of the molecule is Cc1cccc(-n2nc(-c3ccccc3)cc2C(=O)NCCC[NH+]2CCCC[C@H]2C)c1. The van der Waals surface area contributed by atoms with Crippen molar-refractivity contribution in [2.24, 2.45) is 0 Å². The Morgan fingerprint density at radius 3 is 2.74 bits per heavy atom. The number of hydrogen-bond acceptors (Lipinski definition) is 2. The van der Waals surface area contributed by atoms with E-state index in [0.29, 0.717) is 12.2 Å². The van der Waals surface area contributed by atoms with Crippen molar-refractivity contribution in [3.8, 4) is 16.9 Å². The molecule has 2 atom stereocenters. The third-order valence-corrected chi connectivity index (χ3v) is 6.30. The zero-order valence-electron chi connectivity index (χ0n) is 18.6. The number of aromatic nitrogens is 2. The fraction of sp³-hybridized carbons (Fsp3) is 0.385. The monoisotopic (exact) mass is 417 g/mol. The Labute approximate surface area is 185 Å². The van der Waals surface area contributed by atoms with Gasteiger partial charge in [0.05, 0.1) is 30.5 Å². The van der Waals surface area contributed by atoms with Gasteiger partial charge in [0.2, 0.25) is 0 Å². The Morgan fingerprint density at radius 2 is 1.97 bits per heavy atom. The minimum absolute atomic E-state index is 0.0714. The normalized spacial score (nSPS) is 18.6. The molecule has 2 heterocycles. The molecule has 1 saturated heterocycles. The molecule has 2 N–H and O–H groups in total. The molecule has 1 fully saturated rings. The second-order valence-electron chi connectivity index (χ2n) is 8.70. The first-order chi connectivity index (χ1) is 15.1. The van der Waals surface area contributed by atoms with Crippen molar-refractivity contribution in [3.63, 3.8) is 0 Å². The zero-order chi connectivity index (χ0) is 21.6. The number of piperidine rings is 1. The standard InChI is InChI=1S/C26H32N4O/c1-20-10-8-14-23(18-20)30-25(19-24(28-30)22-12-4-3-5-13-22)26(31)27-15-9-17-29-16-7-6-11-21(29)2/h3-5,8,10,12-14,18-19,21H,6-7,9,11,15-17H2,1-2H3,(H,27,31)/p+1/t21-/m1/s1. The average Bonchev–Trinajstić information content (AvgIpc) is 3.24.